The Morgan fingerprint density at radius 1 is 0.931 bits per heavy atom. The topological polar surface area (TPSA) is 59.8 Å². The summed E-state index contributed by atoms with van der Waals surface area (Å²) < 4.78 is 1.97. The van der Waals surface area contributed by atoms with Gasteiger partial charge in [-0.2, -0.15) is 0 Å². The summed E-state index contributed by atoms with van der Waals surface area (Å²) >= 11 is 0. The molecule has 1 heterocycles. The molecule has 4 aromatic rings. The minimum atomic E-state index is -0.389. The minimum absolute atomic E-state index is 0.0727. The standard InChI is InChI=1S/C24H22N4O/c1-2-28-17-25-27-23(28)20-14-9-15-21(16-20)26-24(29)22(18-10-5-3-6-11-18)19-12-7-4-8-13-19/h3-17,22H,2H2,1H3,(H,26,29). The number of anilines is 1. The summed E-state index contributed by atoms with van der Waals surface area (Å²) in [5.74, 6) is 0.322. The third-order valence-electron chi connectivity index (χ3n) is 4.87. The number of hydrogen-bond acceptors (Lipinski definition) is 3. The van der Waals surface area contributed by atoms with Gasteiger partial charge in [0.1, 0.15) is 6.33 Å². The lowest BCUT2D eigenvalue weighted by Gasteiger charge is -2.18. The largest absolute Gasteiger partial charge is 0.325 e. The van der Waals surface area contributed by atoms with Gasteiger partial charge < -0.3 is 9.88 Å². The van der Waals surface area contributed by atoms with Gasteiger partial charge >= 0.3 is 0 Å². The number of aryl methyl sites for hydroxylation is 1. The molecule has 1 N–H and O–H groups in total. The van der Waals surface area contributed by atoms with Crippen LogP contribution < -0.4 is 5.32 Å². The van der Waals surface area contributed by atoms with E-state index in [9.17, 15) is 4.79 Å². The number of amides is 1. The van der Waals surface area contributed by atoms with Crippen molar-refractivity contribution in [2.45, 2.75) is 19.4 Å². The molecule has 0 bridgehead atoms. The minimum Gasteiger partial charge on any atom is -0.325 e. The maximum absolute atomic E-state index is 13.3. The van der Waals surface area contributed by atoms with Gasteiger partial charge in [0.2, 0.25) is 5.91 Å². The van der Waals surface area contributed by atoms with Crippen molar-refractivity contribution in [3.8, 4) is 11.4 Å². The van der Waals surface area contributed by atoms with Gasteiger partial charge in [-0.3, -0.25) is 4.79 Å². The van der Waals surface area contributed by atoms with Crippen LogP contribution in [-0.2, 0) is 11.3 Å². The summed E-state index contributed by atoms with van der Waals surface area (Å²) in [4.78, 5) is 13.3. The maximum Gasteiger partial charge on any atom is 0.236 e. The average molecular weight is 382 g/mol. The van der Waals surface area contributed by atoms with Gasteiger partial charge in [-0.15, -0.1) is 10.2 Å². The molecule has 1 amide bonds. The fourth-order valence-electron chi connectivity index (χ4n) is 3.45. The highest BCUT2D eigenvalue weighted by Crippen LogP contribution is 2.27. The second kappa shape index (κ2) is 8.52. The van der Waals surface area contributed by atoms with E-state index >= 15 is 0 Å². The summed E-state index contributed by atoms with van der Waals surface area (Å²) in [5, 5.41) is 11.3. The molecule has 0 unspecified atom stereocenters. The van der Waals surface area contributed by atoms with Gasteiger partial charge in [-0.1, -0.05) is 72.8 Å². The van der Waals surface area contributed by atoms with Crippen LogP contribution in [0.1, 0.15) is 24.0 Å². The zero-order valence-corrected chi connectivity index (χ0v) is 16.2. The van der Waals surface area contributed by atoms with Crippen molar-refractivity contribution in [1.82, 2.24) is 14.8 Å². The van der Waals surface area contributed by atoms with E-state index in [4.69, 9.17) is 0 Å². The predicted octanol–water partition coefficient (Wildman–Crippen LogP) is 4.74. The number of hydrogen-bond donors (Lipinski definition) is 1. The third-order valence-corrected chi connectivity index (χ3v) is 4.87. The van der Waals surface area contributed by atoms with Crippen molar-refractivity contribution in [3.63, 3.8) is 0 Å². The van der Waals surface area contributed by atoms with Gasteiger partial charge in [0, 0.05) is 17.8 Å². The van der Waals surface area contributed by atoms with Crippen LogP contribution in [0.2, 0.25) is 0 Å². The van der Waals surface area contributed by atoms with Crippen LogP contribution in [0.4, 0.5) is 5.69 Å². The third kappa shape index (κ3) is 4.09. The van der Waals surface area contributed by atoms with E-state index in [0.717, 1.165) is 34.7 Å². The van der Waals surface area contributed by atoms with Gasteiger partial charge in [0.25, 0.3) is 0 Å². The highest BCUT2D eigenvalue weighted by molar-refractivity contribution is 5.98. The summed E-state index contributed by atoms with van der Waals surface area (Å²) in [6.07, 6.45) is 1.71. The molecule has 1 aromatic heterocycles. The Hall–Kier alpha value is -3.73. The molecule has 29 heavy (non-hydrogen) atoms. The first-order valence-electron chi connectivity index (χ1n) is 9.65. The monoisotopic (exact) mass is 382 g/mol. The van der Waals surface area contributed by atoms with E-state index in [1.165, 1.54) is 0 Å². The first-order chi connectivity index (χ1) is 14.3. The fraction of sp³-hybridized carbons (Fsp3) is 0.125. The summed E-state index contributed by atoms with van der Waals surface area (Å²) in [6, 6.07) is 27.4. The van der Waals surface area contributed by atoms with E-state index in [-0.39, 0.29) is 11.8 Å². The molecule has 0 fully saturated rings. The smallest absolute Gasteiger partial charge is 0.236 e. The molecule has 0 saturated carbocycles. The molecular formula is C24H22N4O. The first kappa shape index (κ1) is 18.6. The maximum atomic E-state index is 13.3. The van der Waals surface area contributed by atoms with Crippen LogP contribution in [-0.4, -0.2) is 20.7 Å². The second-order valence-electron chi connectivity index (χ2n) is 6.76. The SMILES string of the molecule is CCn1cnnc1-c1cccc(NC(=O)C(c2ccccc2)c2ccccc2)c1. The van der Waals surface area contributed by atoms with Crippen LogP contribution in [0.3, 0.4) is 0 Å². The summed E-state index contributed by atoms with van der Waals surface area (Å²) in [6.45, 7) is 2.83. The quantitative estimate of drug-likeness (QED) is 0.524. The predicted molar refractivity (Wildman–Crippen MR) is 114 cm³/mol. The Morgan fingerprint density at radius 3 is 2.21 bits per heavy atom. The molecule has 0 aliphatic heterocycles. The molecule has 5 nitrogen and oxygen atoms in total. The number of benzene rings is 3. The number of aromatic nitrogens is 3. The second-order valence-corrected chi connectivity index (χ2v) is 6.76. The number of carbonyl (C=O) groups is 1. The van der Waals surface area contributed by atoms with Crippen molar-refractivity contribution in [2.24, 2.45) is 0 Å². The highest BCUT2D eigenvalue weighted by Gasteiger charge is 2.22. The molecular weight excluding hydrogens is 360 g/mol. The van der Waals surface area contributed by atoms with Crippen molar-refractivity contribution in [2.75, 3.05) is 5.32 Å². The number of nitrogens with zero attached hydrogens (tertiary/aromatic N) is 3. The Kier molecular flexibility index (Phi) is 5.47. The molecule has 0 saturated heterocycles. The zero-order chi connectivity index (χ0) is 20.1. The Bertz CT molecular complexity index is 1050. The molecule has 3 aromatic carbocycles. The van der Waals surface area contributed by atoms with Crippen LogP contribution in [0.5, 0.6) is 0 Å². The van der Waals surface area contributed by atoms with Gasteiger partial charge in [-0.05, 0) is 30.2 Å². The highest BCUT2D eigenvalue weighted by atomic mass is 16.1. The molecule has 5 heteroatoms. The Labute approximate surface area is 170 Å². The number of carbonyl (C=O) groups excluding carboxylic acids is 1. The molecule has 144 valence electrons. The van der Waals surface area contributed by atoms with E-state index in [0.29, 0.717) is 0 Å². The number of nitrogens with one attached hydrogen (secondary N) is 1. The van der Waals surface area contributed by atoms with E-state index in [1.807, 2.05) is 96.4 Å². The van der Waals surface area contributed by atoms with Crippen LogP contribution in [0, 0.1) is 0 Å². The summed E-state index contributed by atoms with van der Waals surface area (Å²) in [7, 11) is 0. The first-order valence-corrected chi connectivity index (χ1v) is 9.65. The lowest BCUT2D eigenvalue weighted by Crippen LogP contribution is -2.22. The fourth-order valence-corrected chi connectivity index (χ4v) is 3.45. The van der Waals surface area contributed by atoms with E-state index in [1.54, 1.807) is 6.33 Å². The molecule has 0 spiro atoms. The number of rotatable bonds is 6. The average Bonchev–Trinajstić information content (AvgIpc) is 3.25. The molecule has 4 rings (SSSR count). The molecule has 0 atom stereocenters. The van der Waals surface area contributed by atoms with Gasteiger partial charge in [0.15, 0.2) is 5.82 Å². The lowest BCUT2D eigenvalue weighted by atomic mass is 9.90. The van der Waals surface area contributed by atoms with Crippen LogP contribution in [0.15, 0.2) is 91.3 Å². The lowest BCUT2D eigenvalue weighted by molar-refractivity contribution is -0.116. The van der Waals surface area contributed by atoms with Crippen molar-refractivity contribution >= 4 is 11.6 Å². The molecule has 0 radical (unpaired) electrons. The van der Waals surface area contributed by atoms with Crippen molar-refractivity contribution in [1.29, 1.82) is 0 Å². The summed E-state index contributed by atoms with van der Waals surface area (Å²) in [5.41, 5.74) is 3.56. The zero-order valence-electron chi connectivity index (χ0n) is 16.2. The molecule has 0 aliphatic rings. The van der Waals surface area contributed by atoms with Crippen LogP contribution >= 0.6 is 0 Å². The van der Waals surface area contributed by atoms with E-state index in [2.05, 4.69) is 15.5 Å². The van der Waals surface area contributed by atoms with Crippen molar-refractivity contribution in [3.05, 3.63) is 102 Å². The van der Waals surface area contributed by atoms with Crippen LogP contribution in [0.25, 0.3) is 11.4 Å². The Balaban J connectivity index is 1.64. The normalized spacial score (nSPS) is 10.8. The van der Waals surface area contributed by atoms with E-state index < -0.39 is 0 Å². The van der Waals surface area contributed by atoms with Gasteiger partial charge in [-0.25, -0.2) is 0 Å². The Morgan fingerprint density at radius 2 is 1.59 bits per heavy atom. The van der Waals surface area contributed by atoms with Crippen molar-refractivity contribution < 1.29 is 4.79 Å². The van der Waals surface area contributed by atoms with Gasteiger partial charge in [0.05, 0.1) is 5.92 Å². The molecule has 0 aliphatic carbocycles.